The Morgan fingerprint density at radius 2 is 1.90 bits per heavy atom. The van der Waals surface area contributed by atoms with Crippen molar-refractivity contribution in [1.29, 1.82) is 0 Å². The van der Waals surface area contributed by atoms with Crippen molar-refractivity contribution in [1.82, 2.24) is 39.5 Å². The normalized spacial score (nSPS) is 13.7. The Morgan fingerprint density at radius 1 is 1.07 bits per heavy atom. The number of pyridine rings is 1. The second-order valence-electron chi connectivity index (χ2n) is 8.97. The second kappa shape index (κ2) is 10.0. The summed E-state index contributed by atoms with van der Waals surface area (Å²) in [5, 5.41) is 0. The largest absolute Gasteiger partial charge is 0.480 e. The second-order valence-corrected chi connectivity index (χ2v) is 9.81. The number of alkyl halides is 3. The van der Waals surface area contributed by atoms with Crippen molar-refractivity contribution in [3.8, 4) is 34.7 Å². The first-order valence-corrected chi connectivity index (χ1v) is 13.1. The van der Waals surface area contributed by atoms with E-state index in [0.29, 0.717) is 33.2 Å². The zero-order valence-corrected chi connectivity index (χ0v) is 21.9. The third-order valence-electron chi connectivity index (χ3n) is 6.28. The molecule has 15 heteroatoms. The van der Waals surface area contributed by atoms with Crippen molar-refractivity contribution < 1.29 is 27.0 Å². The van der Waals surface area contributed by atoms with Crippen molar-refractivity contribution >= 4 is 21.7 Å². The van der Waals surface area contributed by atoms with E-state index in [0.717, 1.165) is 30.8 Å². The minimum Gasteiger partial charge on any atom is -0.480 e. The highest BCUT2D eigenvalue weighted by Gasteiger charge is 2.35. The van der Waals surface area contributed by atoms with Crippen molar-refractivity contribution in [2.45, 2.75) is 45.0 Å². The van der Waals surface area contributed by atoms with Crippen molar-refractivity contribution in [2.75, 3.05) is 7.11 Å². The quantitative estimate of drug-likeness (QED) is 0.224. The summed E-state index contributed by atoms with van der Waals surface area (Å²) in [5.41, 5.74) is 2.32. The SMILES string of the molecule is CCn1cc(C(F)(F)F)nc1-c1ncc(COc2nc(-c3c(OC)ncnc3C3CC3)nc3scnc23)cc1F. The number of halogens is 4. The lowest BCUT2D eigenvalue weighted by atomic mass is 10.1. The van der Waals surface area contributed by atoms with Crippen molar-refractivity contribution in [3.63, 3.8) is 0 Å². The number of hydrogen-bond donors (Lipinski definition) is 0. The van der Waals surface area contributed by atoms with E-state index in [-0.39, 0.29) is 36.5 Å². The molecule has 0 aromatic carbocycles. The average Bonchev–Trinajstić information content (AvgIpc) is 3.50. The summed E-state index contributed by atoms with van der Waals surface area (Å²) in [4.78, 5) is 30.4. The Hall–Kier alpha value is -4.27. The van der Waals surface area contributed by atoms with Gasteiger partial charge in [-0.3, -0.25) is 0 Å². The van der Waals surface area contributed by atoms with Crippen LogP contribution in [0.25, 0.3) is 33.3 Å². The molecule has 0 atom stereocenters. The molecule has 1 aliphatic carbocycles. The van der Waals surface area contributed by atoms with Gasteiger partial charge in [-0.25, -0.2) is 34.3 Å². The monoisotopic (exact) mass is 572 g/mol. The molecule has 0 bridgehead atoms. The highest BCUT2D eigenvalue weighted by molar-refractivity contribution is 7.16. The van der Waals surface area contributed by atoms with Crippen LogP contribution in [-0.4, -0.2) is 46.6 Å². The molecule has 6 rings (SSSR count). The number of aryl methyl sites for hydroxylation is 1. The average molecular weight is 573 g/mol. The molecule has 0 N–H and O–H groups in total. The van der Waals surface area contributed by atoms with E-state index < -0.39 is 17.7 Å². The lowest BCUT2D eigenvalue weighted by molar-refractivity contribution is -0.140. The molecule has 0 spiro atoms. The molecule has 0 saturated heterocycles. The topological polar surface area (TPSA) is 114 Å². The first kappa shape index (κ1) is 26.0. The van der Waals surface area contributed by atoms with E-state index in [2.05, 4.69) is 34.9 Å². The van der Waals surface area contributed by atoms with Gasteiger partial charge in [0.15, 0.2) is 33.5 Å². The van der Waals surface area contributed by atoms with Crippen LogP contribution in [0.2, 0.25) is 0 Å². The number of ether oxygens (including phenoxy) is 2. The van der Waals surface area contributed by atoms with Gasteiger partial charge in [-0.1, -0.05) is 0 Å². The summed E-state index contributed by atoms with van der Waals surface area (Å²) in [7, 11) is 1.51. The zero-order chi connectivity index (χ0) is 28.0. The molecule has 0 aliphatic heterocycles. The predicted octanol–water partition coefficient (Wildman–Crippen LogP) is 5.44. The smallest absolute Gasteiger partial charge is 0.434 e. The molecule has 1 fully saturated rings. The summed E-state index contributed by atoms with van der Waals surface area (Å²) in [6.07, 6.45) is 0.918. The highest BCUT2D eigenvalue weighted by Crippen LogP contribution is 2.45. The minimum absolute atomic E-state index is 0.138. The van der Waals surface area contributed by atoms with Crippen molar-refractivity contribution in [3.05, 3.63) is 53.1 Å². The van der Waals surface area contributed by atoms with Gasteiger partial charge in [-0.15, -0.1) is 11.3 Å². The van der Waals surface area contributed by atoms with E-state index in [1.807, 2.05) is 0 Å². The van der Waals surface area contributed by atoms with Crippen LogP contribution in [0.5, 0.6) is 11.8 Å². The third-order valence-corrected chi connectivity index (χ3v) is 7.00. The maximum atomic E-state index is 15.1. The number of thiazole rings is 1. The van der Waals surface area contributed by atoms with Crippen LogP contribution in [0.1, 0.15) is 42.6 Å². The van der Waals surface area contributed by atoms with Gasteiger partial charge in [0.25, 0.3) is 0 Å². The Balaban J connectivity index is 1.31. The number of fused-ring (bicyclic) bond motifs is 1. The zero-order valence-electron chi connectivity index (χ0n) is 21.1. The standard InChI is InChI=1S/C25H20F4N8O2S/c1-3-37-8-15(25(27,28)29)34-21(37)18-14(26)6-12(7-30-18)9-39-23-19-24(40-11-33-19)36-20(35-23)16-17(13-4-5-13)31-10-32-22(16)38-2/h6-8,10-11,13H,3-5,9H2,1-2H3. The fourth-order valence-electron chi connectivity index (χ4n) is 4.22. The fourth-order valence-corrected chi connectivity index (χ4v) is 4.87. The molecule has 0 unspecified atom stereocenters. The summed E-state index contributed by atoms with van der Waals surface area (Å²) >= 11 is 1.30. The van der Waals surface area contributed by atoms with Gasteiger partial charge >= 0.3 is 6.18 Å². The van der Waals surface area contributed by atoms with Crippen LogP contribution >= 0.6 is 11.3 Å². The molecule has 1 aliphatic rings. The lowest BCUT2D eigenvalue weighted by Gasteiger charge is -2.12. The first-order chi connectivity index (χ1) is 19.3. The van der Waals surface area contributed by atoms with Crippen LogP contribution in [0.3, 0.4) is 0 Å². The van der Waals surface area contributed by atoms with E-state index in [4.69, 9.17) is 9.47 Å². The van der Waals surface area contributed by atoms with Crippen LogP contribution in [0.4, 0.5) is 17.6 Å². The Labute approximate surface area is 228 Å². The van der Waals surface area contributed by atoms with Gasteiger partial charge in [-0.05, 0) is 25.8 Å². The Morgan fingerprint density at radius 3 is 2.60 bits per heavy atom. The van der Waals surface area contributed by atoms with E-state index in [1.54, 1.807) is 12.4 Å². The van der Waals surface area contributed by atoms with Gasteiger partial charge in [0.1, 0.15) is 24.2 Å². The lowest BCUT2D eigenvalue weighted by Crippen LogP contribution is -2.06. The van der Waals surface area contributed by atoms with Gasteiger partial charge in [0.05, 0.1) is 18.3 Å². The van der Waals surface area contributed by atoms with Crippen LogP contribution in [0.15, 0.2) is 30.3 Å². The number of hydrogen-bond acceptors (Lipinski definition) is 10. The molecule has 10 nitrogen and oxygen atoms in total. The van der Waals surface area contributed by atoms with Crippen LogP contribution in [0, 0.1) is 5.82 Å². The molecule has 0 amide bonds. The summed E-state index contributed by atoms with van der Waals surface area (Å²) < 4.78 is 67.1. The molecule has 0 radical (unpaired) electrons. The van der Waals surface area contributed by atoms with E-state index in [1.165, 1.54) is 35.5 Å². The molecular weight excluding hydrogens is 552 g/mol. The first-order valence-electron chi connectivity index (χ1n) is 12.2. The summed E-state index contributed by atoms with van der Waals surface area (Å²) in [5.74, 6) is 0.0348. The highest BCUT2D eigenvalue weighted by atomic mass is 32.1. The van der Waals surface area contributed by atoms with E-state index >= 15 is 4.39 Å². The molecule has 1 saturated carbocycles. The maximum Gasteiger partial charge on any atom is 0.434 e. The Bertz CT molecular complexity index is 1720. The number of aromatic nitrogens is 8. The van der Waals surface area contributed by atoms with Crippen LogP contribution < -0.4 is 9.47 Å². The predicted molar refractivity (Wildman–Crippen MR) is 135 cm³/mol. The molecular formula is C25H20F4N8O2S. The van der Waals surface area contributed by atoms with E-state index in [9.17, 15) is 13.2 Å². The molecule has 40 heavy (non-hydrogen) atoms. The Kier molecular flexibility index (Phi) is 6.52. The van der Waals surface area contributed by atoms with Gasteiger partial charge in [0.2, 0.25) is 11.8 Å². The number of imidazole rings is 1. The maximum absolute atomic E-state index is 15.1. The van der Waals surface area contributed by atoms with Crippen molar-refractivity contribution in [2.24, 2.45) is 0 Å². The molecule has 206 valence electrons. The third kappa shape index (κ3) is 4.80. The summed E-state index contributed by atoms with van der Waals surface area (Å²) in [6.45, 7) is 1.65. The van der Waals surface area contributed by atoms with Gasteiger partial charge in [-0.2, -0.15) is 18.2 Å². The van der Waals surface area contributed by atoms with Crippen LogP contribution in [-0.2, 0) is 19.3 Å². The number of methoxy groups -OCH3 is 1. The molecule has 5 aromatic heterocycles. The summed E-state index contributed by atoms with van der Waals surface area (Å²) in [6, 6.07) is 1.14. The number of rotatable bonds is 8. The minimum atomic E-state index is -4.66. The van der Waals surface area contributed by atoms with Gasteiger partial charge < -0.3 is 14.0 Å². The molecule has 5 aromatic rings. The fraction of sp³-hybridized carbons (Fsp3) is 0.320. The van der Waals surface area contributed by atoms with Gasteiger partial charge in [0, 0.05) is 30.4 Å². The molecule has 5 heterocycles. The number of nitrogens with zero attached hydrogens (tertiary/aromatic N) is 8.